The Morgan fingerprint density at radius 1 is 1.19 bits per heavy atom. The van der Waals surface area contributed by atoms with E-state index >= 15 is 0 Å². The lowest BCUT2D eigenvalue weighted by molar-refractivity contribution is -0.117. The Morgan fingerprint density at radius 3 is 2.32 bits per heavy atom. The number of nitrogens with zero attached hydrogens (tertiary/aromatic N) is 4. The van der Waals surface area contributed by atoms with Gasteiger partial charge in [0.1, 0.15) is 33.8 Å². The van der Waals surface area contributed by atoms with Crippen LogP contribution in [0.1, 0.15) is 68.0 Å². The van der Waals surface area contributed by atoms with Gasteiger partial charge in [-0.15, -0.1) is 0 Å². The molecule has 2 heterocycles. The van der Waals surface area contributed by atoms with Crippen molar-refractivity contribution in [1.82, 2.24) is 10.3 Å². The number of hydrogen-bond acceptors (Lipinski definition) is 8. The molecule has 3 rings (SSSR count). The molecule has 0 radical (unpaired) electrons. The summed E-state index contributed by atoms with van der Waals surface area (Å²) in [6.07, 6.45) is 1.29. The van der Waals surface area contributed by atoms with Crippen molar-refractivity contribution in [3.05, 3.63) is 52.6 Å². The number of nitriles is 2. The molecule has 1 aliphatic rings. The lowest BCUT2D eigenvalue weighted by Crippen LogP contribution is -2.46. The Labute approximate surface area is 222 Å². The van der Waals surface area contributed by atoms with Gasteiger partial charge in [-0.3, -0.25) is 4.79 Å². The Bertz CT molecular complexity index is 1220. The highest BCUT2D eigenvalue weighted by Crippen LogP contribution is 2.39. The number of amides is 2. The molecular weight excluding hydrogens is 488 g/mol. The van der Waals surface area contributed by atoms with Crippen molar-refractivity contribution >= 4 is 29.6 Å². The van der Waals surface area contributed by atoms with E-state index in [0.29, 0.717) is 59.9 Å². The van der Waals surface area contributed by atoms with Crippen LogP contribution in [0, 0.1) is 22.7 Å². The van der Waals surface area contributed by atoms with Crippen molar-refractivity contribution in [2.75, 3.05) is 18.0 Å². The summed E-state index contributed by atoms with van der Waals surface area (Å²) in [4.78, 5) is 31.3. The molecule has 10 heteroatoms. The predicted octanol–water partition coefficient (Wildman–Crippen LogP) is 4.20. The number of hydrogen-bond donors (Lipinski definition) is 2. The van der Waals surface area contributed by atoms with Gasteiger partial charge in [0, 0.05) is 19.1 Å². The van der Waals surface area contributed by atoms with Crippen molar-refractivity contribution in [1.29, 1.82) is 10.5 Å². The first-order valence-corrected chi connectivity index (χ1v) is 13.1. The van der Waals surface area contributed by atoms with E-state index < -0.39 is 22.9 Å². The third-order valence-electron chi connectivity index (χ3n) is 5.93. The highest BCUT2D eigenvalue weighted by atomic mass is 32.2. The van der Waals surface area contributed by atoms with Gasteiger partial charge in [0.05, 0.1) is 11.1 Å². The maximum atomic E-state index is 12.4. The normalized spacial score (nSPS) is 14.8. The number of ether oxygens (including phenoxy) is 1. The van der Waals surface area contributed by atoms with Crippen molar-refractivity contribution in [2.45, 2.75) is 68.9 Å². The summed E-state index contributed by atoms with van der Waals surface area (Å²) in [5.74, 6) is -0.0623. The van der Waals surface area contributed by atoms with E-state index in [1.807, 2.05) is 62.9 Å². The van der Waals surface area contributed by atoms with Crippen LogP contribution in [0.15, 0.2) is 35.4 Å². The zero-order valence-electron chi connectivity index (χ0n) is 21.6. The van der Waals surface area contributed by atoms with Crippen LogP contribution < -0.4 is 16.0 Å². The van der Waals surface area contributed by atoms with Crippen LogP contribution in [-0.4, -0.2) is 41.7 Å². The fourth-order valence-electron chi connectivity index (χ4n) is 4.24. The van der Waals surface area contributed by atoms with Gasteiger partial charge in [0.2, 0.25) is 5.91 Å². The van der Waals surface area contributed by atoms with E-state index in [2.05, 4.69) is 17.5 Å². The largest absolute Gasteiger partial charge is 0.444 e. The van der Waals surface area contributed by atoms with Crippen molar-refractivity contribution in [3.63, 3.8) is 0 Å². The van der Waals surface area contributed by atoms with Gasteiger partial charge in [-0.2, -0.15) is 10.5 Å². The Morgan fingerprint density at radius 2 is 1.81 bits per heavy atom. The number of nitrogens with one attached hydrogen (secondary N) is 1. The molecule has 0 saturated carbocycles. The molecule has 1 aliphatic heterocycles. The molecule has 1 saturated heterocycles. The van der Waals surface area contributed by atoms with Gasteiger partial charge >= 0.3 is 6.09 Å². The molecular formula is C27H32N6O3S. The van der Waals surface area contributed by atoms with Crippen LogP contribution in [-0.2, 0) is 16.0 Å². The molecule has 1 fully saturated rings. The van der Waals surface area contributed by atoms with Gasteiger partial charge in [-0.1, -0.05) is 49.0 Å². The van der Waals surface area contributed by atoms with E-state index in [-0.39, 0.29) is 11.6 Å². The van der Waals surface area contributed by atoms with E-state index in [1.54, 1.807) is 0 Å². The van der Waals surface area contributed by atoms with E-state index in [0.717, 1.165) is 11.8 Å². The smallest absolute Gasteiger partial charge is 0.407 e. The topological polar surface area (TPSA) is 145 Å². The molecule has 2 amide bonds. The zero-order valence-corrected chi connectivity index (χ0v) is 22.4. The van der Waals surface area contributed by atoms with Gasteiger partial charge in [0.25, 0.3) is 0 Å². The molecule has 1 aromatic carbocycles. The minimum Gasteiger partial charge on any atom is -0.444 e. The number of carbonyl (C=O) groups is 2. The second-order valence-corrected chi connectivity index (χ2v) is 10.9. The Balaban J connectivity index is 1.91. The molecule has 9 nitrogen and oxygen atoms in total. The lowest BCUT2D eigenvalue weighted by atomic mass is 10.00. The summed E-state index contributed by atoms with van der Waals surface area (Å²) in [6.45, 7) is 8.44. The van der Waals surface area contributed by atoms with Crippen LogP contribution in [0.5, 0.6) is 0 Å². The summed E-state index contributed by atoms with van der Waals surface area (Å²) in [7, 11) is 0. The highest BCUT2D eigenvalue weighted by molar-refractivity contribution is 8.00. The lowest BCUT2D eigenvalue weighted by Gasteiger charge is -2.34. The van der Waals surface area contributed by atoms with Crippen LogP contribution in [0.3, 0.4) is 0 Å². The van der Waals surface area contributed by atoms with Crippen molar-refractivity contribution < 1.29 is 14.3 Å². The minimum absolute atomic E-state index is 0.0631. The van der Waals surface area contributed by atoms with Gasteiger partial charge < -0.3 is 20.7 Å². The molecule has 1 unspecified atom stereocenters. The standard InChI is InChI=1S/C27H32N6O3S/c1-5-19-20(15-28)24(33-13-11-18(12-14-33)31-26(35)36-27(2,3)4)32-25(21(19)16-29)37-22(23(30)34)17-9-7-6-8-10-17/h6-10,18,22H,5,11-14H2,1-4H3,(H2,30,34)(H,31,35). The minimum atomic E-state index is -0.741. The second kappa shape index (κ2) is 12.0. The number of aromatic nitrogens is 1. The second-order valence-electron chi connectivity index (χ2n) is 9.76. The zero-order chi connectivity index (χ0) is 27.2. The number of alkyl carbamates (subject to hydrolysis) is 1. The fourth-order valence-corrected chi connectivity index (χ4v) is 5.30. The van der Waals surface area contributed by atoms with E-state index in [1.165, 1.54) is 0 Å². The first-order valence-electron chi connectivity index (χ1n) is 12.2. The fraction of sp³-hybridized carbons (Fsp3) is 0.444. The monoisotopic (exact) mass is 520 g/mol. The van der Waals surface area contributed by atoms with Gasteiger partial charge in [-0.05, 0) is 51.2 Å². The molecule has 0 aliphatic carbocycles. The van der Waals surface area contributed by atoms with Gasteiger partial charge in [-0.25, -0.2) is 9.78 Å². The Hall–Kier alpha value is -3.76. The summed E-state index contributed by atoms with van der Waals surface area (Å²) < 4.78 is 5.36. The SMILES string of the molecule is CCc1c(C#N)c(SC(C(N)=O)c2ccccc2)nc(N2CCC(NC(=O)OC(C)(C)C)CC2)c1C#N. The first kappa shape index (κ1) is 27.8. The van der Waals surface area contributed by atoms with Gasteiger partial charge in [0.15, 0.2) is 0 Å². The molecule has 0 spiro atoms. The maximum Gasteiger partial charge on any atom is 0.407 e. The maximum absolute atomic E-state index is 12.4. The van der Waals surface area contributed by atoms with Crippen LogP contribution in [0.4, 0.5) is 10.6 Å². The number of pyridine rings is 1. The number of benzene rings is 1. The third-order valence-corrected chi connectivity index (χ3v) is 7.19. The Kier molecular flexibility index (Phi) is 9.01. The van der Waals surface area contributed by atoms with Crippen LogP contribution in [0.25, 0.3) is 0 Å². The molecule has 1 aromatic heterocycles. The number of thioether (sulfide) groups is 1. The predicted molar refractivity (Wildman–Crippen MR) is 142 cm³/mol. The van der Waals surface area contributed by atoms with Crippen molar-refractivity contribution in [2.24, 2.45) is 5.73 Å². The highest BCUT2D eigenvalue weighted by Gasteiger charge is 2.30. The molecule has 0 bridgehead atoms. The summed E-state index contributed by atoms with van der Waals surface area (Å²) in [5, 5.41) is 22.5. The molecule has 3 N–H and O–H groups in total. The average Bonchev–Trinajstić information content (AvgIpc) is 2.85. The van der Waals surface area contributed by atoms with Crippen LogP contribution >= 0.6 is 11.8 Å². The molecule has 2 aromatic rings. The first-order chi connectivity index (χ1) is 17.6. The average molecular weight is 521 g/mol. The number of anilines is 1. The number of carbonyl (C=O) groups excluding carboxylic acids is 2. The number of rotatable bonds is 7. The summed E-state index contributed by atoms with van der Waals surface area (Å²) >= 11 is 1.12. The number of primary amides is 1. The molecule has 194 valence electrons. The third kappa shape index (κ3) is 6.93. The number of piperidine rings is 1. The molecule has 1 atom stereocenters. The van der Waals surface area contributed by atoms with Crippen LogP contribution in [0.2, 0.25) is 0 Å². The quantitative estimate of drug-likeness (QED) is 0.517. The summed E-state index contributed by atoms with van der Waals surface area (Å²) in [5.41, 5.74) is 7.11. The van der Waals surface area contributed by atoms with E-state index in [4.69, 9.17) is 15.5 Å². The molecule has 37 heavy (non-hydrogen) atoms. The van der Waals surface area contributed by atoms with E-state index in [9.17, 15) is 20.1 Å². The van der Waals surface area contributed by atoms with Crippen molar-refractivity contribution in [3.8, 4) is 12.1 Å². The number of nitrogens with two attached hydrogens (primary N) is 1. The summed E-state index contributed by atoms with van der Waals surface area (Å²) in [6, 6.07) is 13.5.